The van der Waals surface area contributed by atoms with Crippen LogP contribution < -0.4 is 0 Å². The van der Waals surface area contributed by atoms with Gasteiger partial charge in [-0.05, 0) is 6.42 Å². The molecule has 9 nitrogen and oxygen atoms in total. The zero-order valence-corrected chi connectivity index (χ0v) is 17.6. The van der Waals surface area contributed by atoms with Crippen LogP contribution in [0.2, 0.25) is 0 Å². The molecule has 0 unspecified atom stereocenters. The molecular weight excluding hydrogens is 408 g/mol. The maximum atomic E-state index is 11.1. The van der Waals surface area contributed by atoms with E-state index >= 15 is 0 Å². The maximum absolute atomic E-state index is 11.1. The van der Waals surface area contributed by atoms with Crippen LogP contribution in [0, 0.1) is 5.41 Å². The van der Waals surface area contributed by atoms with Gasteiger partial charge in [0.15, 0.2) is 0 Å². The highest BCUT2D eigenvalue weighted by atomic mass is 16.6. The summed E-state index contributed by atoms with van der Waals surface area (Å²) in [5.74, 6) is -1.56. The van der Waals surface area contributed by atoms with E-state index in [1.165, 1.54) is 0 Å². The van der Waals surface area contributed by atoms with Gasteiger partial charge in [0.2, 0.25) is 0 Å². The molecule has 0 aliphatic rings. The molecule has 0 heterocycles. The van der Waals surface area contributed by atoms with Gasteiger partial charge in [-0.1, -0.05) is 34.1 Å². The fourth-order valence-corrected chi connectivity index (χ4v) is 2.08. The van der Waals surface area contributed by atoms with Gasteiger partial charge in [0.05, 0.1) is 39.6 Å². The third-order valence-corrected chi connectivity index (χ3v) is 3.89. The van der Waals surface area contributed by atoms with Gasteiger partial charge in [-0.15, -0.1) is 0 Å². The van der Waals surface area contributed by atoms with Gasteiger partial charge in [0, 0.05) is 23.6 Å². The molecule has 31 heavy (non-hydrogen) atoms. The van der Waals surface area contributed by atoms with Crippen LogP contribution >= 0.6 is 0 Å². The number of hydrogen-bond acceptors (Lipinski definition) is 9. The van der Waals surface area contributed by atoms with E-state index in [9.17, 15) is 14.4 Å². The van der Waals surface area contributed by atoms with Crippen molar-refractivity contribution in [3.63, 3.8) is 0 Å². The second-order valence-electron chi connectivity index (χ2n) is 6.13. The molecule has 0 rings (SSSR count). The first kappa shape index (κ1) is 30.7. The van der Waals surface area contributed by atoms with Gasteiger partial charge in [0.25, 0.3) is 0 Å². The Hall–Kier alpha value is -2.49. The number of ether oxygens (including phenoxy) is 6. The summed E-state index contributed by atoms with van der Waals surface area (Å²) < 4.78 is 31.5. The molecule has 0 fully saturated rings. The SMILES string of the molecule is C.C=CC(=O)OCCOCC(CC)(COCCOC(=O)C=C)COCCOC(=O)C=C. The van der Waals surface area contributed by atoms with Crippen LogP contribution in [0.15, 0.2) is 38.0 Å². The summed E-state index contributed by atoms with van der Waals surface area (Å²) in [5.41, 5.74) is -0.493. The third-order valence-electron chi connectivity index (χ3n) is 3.89. The van der Waals surface area contributed by atoms with Crippen LogP contribution in [-0.4, -0.2) is 77.4 Å². The van der Waals surface area contributed by atoms with E-state index in [0.717, 1.165) is 18.2 Å². The Bertz CT molecular complexity index is 483. The van der Waals surface area contributed by atoms with Crippen LogP contribution in [0.3, 0.4) is 0 Å². The summed E-state index contributed by atoms with van der Waals surface area (Å²) in [5, 5.41) is 0. The van der Waals surface area contributed by atoms with Crippen molar-refractivity contribution < 1.29 is 42.8 Å². The molecule has 0 aromatic rings. The zero-order chi connectivity index (χ0) is 22.7. The van der Waals surface area contributed by atoms with Crippen molar-refractivity contribution in [3.05, 3.63) is 38.0 Å². The number of carbonyl (C=O) groups excluding carboxylic acids is 3. The highest BCUT2D eigenvalue weighted by Gasteiger charge is 2.30. The summed E-state index contributed by atoms with van der Waals surface area (Å²) >= 11 is 0. The normalized spacial score (nSPS) is 10.4. The average Bonchev–Trinajstić information content (AvgIpc) is 2.76. The monoisotopic (exact) mass is 444 g/mol. The first-order valence-corrected chi connectivity index (χ1v) is 9.53. The molecule has 0 amide bonds. The van der Waals surface area contributed by atoms with Crippen LogP contribution in [0.1, 0.15) is 20.8 Å². The summed E-state index contributed by atoms with van der Waals surface area (Å²) in [6.07, 6.45) is 3.90. The summed E-state index contributed by atoms with van der Waals surface area (Å²) in [4.78, 5) is 33.2. The molecule has 0 aromatic heterocycles. The lowest BCUT2D eigenvalue weighted by atomic mass is 9.88. The second-order valence-corrected chi connectivity index (χ2v) is 6.13. The smallest absolute Gasteiger partial charge is 0.330 e. The molecule has 0 atom stereocenters. The van der Waals surface area contributed by atoms with Gasteiger partial charge in [-0.3, -0.25) is 0 Å². The first-order chi connectivity index (χ1) is 14.4. The Morgan fingerprint density at radius 3 is 1.16 bits per heavy atom. The number of esters is 3. The van der Waals surface area contributed by atoms with Gasteiger partial charge < -0.3 is 28.4 Å². The molecule has 0 saturated carbocycles. The lowest BCUT2D eigenvalue weighted by Crippen LogP contribution is -2.38. The topological polar surface area (TPSA) is 107 Å². The number of hydrogen-bond donors (Lipinski definition) is 0. The van der Waals surface area contributed by atoms with Gasteiger partial charge in [-0.25, -0.2) is 14.4 Å². The molecule has 0 bridgehead atoms. The molecule has 0 aliphatic heterocycles. The Morgan fingerprint density at radius 2 is 0.935 bits per heavy atom. The van der Waals surface area contributed by atoms with Crippen molar-refractivity contribution in [3.8, 4) is 0 Å². The lowest BCUT2D eigenvalue weighted by Gasteiger charge is -2.32. The van der Waals surface area contributed by atoms with Crippen molar-refractivity contribution in [2.75, 3.05) is 59.5 Å². The molecule has 0 radical (unpaired) electrons. The molecule has 0 aliphatic carbocycles. The number of rotatable bonds is 19. The fourth-order valence-electron chi connectivity index (χ4n) is 2.08. The van der Waals surface area contributed by atoms with Crippen LogP contribution in [-0.2, 0) is 42.8 Å². The fraction of sp³-hybridized carbons (Fsp3) is 0.591. The van der Waals surface area contributed by atoms with Crippen molar-refractivity contribution in [2.45, 2.75) is 20.8 Å². The largest absolute Gasteiger partial charge is 0.460 e. The average molecular weight is 445 g/mol. The molecule has 0 aromatic carbocycles. The summed E-state index contributed by atoms with van der Waals surface area (Å²) in [6, 6.07) is 0. The van der Waals surface area contributed by atoms with Crippen molar-refractivity contribution in [1.29, 1.82) is 0 Å². The van der Waals surface area contributed by atoms with Crippen molar-refractivity contribution >= 4 is 17.9 Å². The molecule has 178 valence electrons. The van der Waals surface area contributed by atoms with Gasteiger partial charge in [-0.2, -0.15) is 0 Å². The van der Waals surface area contributed by atoms with E-state index in [2.05, 4.69) is 19.7 Å². The first-order valence-electron chi connectivity index (χ1n) is 9.53. The minimum Gasteiger partial charge on any atom is -0.460 e. The van der Waals surface area contributed by atoms with Crippen molar-refractivity contribution in [1.82, 2.24) is 0 Å². The lowest BCUT2D eigenvalue weighted by molar-refractivity contribution is -0.141. The van der Waals surface area contributed by atoms with E-state index < -0.39 is 23.3 Å². The van der Waals surface area contributed by atoms with Crippen LogP contribution in [0.4, 0.5) is 0 Å². The van der Waals surface area contributed by atoms with E-state index in [4.69, 9.17) is 28.4 Å². The molecule has 0 spiro atoms. The summed E-state index contributed by atoms with van der Waals surface area (Å²) in [7, 11) is 0. The highest BCUT2D eigenvalue weighted by molar-refractivity contribution is 5.81. The molecule has 0 saturated heterocycles. The Balaban J connectivity index is 0. The predicted molar refractivity (Wildman–Crippen MR) is 115 cm³/mol. The maximum Gasteiger partial charge on any atom is 0.330 e. The number of carbonyl (C=O) groups is 3. The van der Waals surface area contributed by atoms with E-state index in [-0.39, 0.29) is 66.9 Å². The van der Waals surface area contributed by atoms with E-state index in [1.54, 1.807) is 0 Å². The molecular formula is C22H36O9. The Labute approximate surface area is 185 Å². The predicted octanol–water partition coefficient (Wildman–Crippen LogP) is 2.26. The third kappa shape index (κ3) is 15.9. The molecule has 9 heteroatoms. The van der Waals surface area contributed by atoms with E-state index in [1.807, 2.05) is 6.92 Å². The highest BCUT2D eigenvalue weighted by Crippen LogP contribution is 2.24. The Morgan fingerprint density at radius 1 is 0.645 bits per heavy atom. The second kappa shape index (κ2) is 19.5. The minimum atomic E-state index is -0.518. The van der Waals surface area contributed by atoms with Crippen LogP contribution in [0.25, 0.3) is 0 Å². The zero-order valence-electron chi connectivity index (χ0n) is 17.6. The summed E-state index contributed by atoms with van der Waals surface area (Å²) in [6.45, 7) is 13.7. The van der Waals surface area contributed by atoms with Crippen LogP contribution in [0.5, 0.6) is 0 Å². The van der Waals surface area contributed by atoms with Gasteiger partial charge >= 0.3 is 17.9 Å². The van der Waals surface area contributed by atoms with E-state index in [0.29, 0.717) is 6.42 Å². The van der Waals surface area contributed by atoms with Crippen molar-refractivity contribution in [2.24, 2.45) is 5.41 Å². The molecule has 0 N–H and O–H groups in total. The standard InChI is InChI=1S/C21H32O9.CH4/c1-5-18(22)28-12-9-25-15-21(8-4,16-26-10-13-29-19(23)6-2)17-27-11-14-30-20(24)7-3;/h5-7H,1-3,8-17H2,4H3;1H4. The quantitative estimate of drug-likeness (QED) is 0.128. The minimum absolute atomic E-state index is 0. The van der Waals surface area contributed by atoms with Gasteiger partial charge in [0.1, 0.15) is 19.8 Å². The Kier molecular flexibility index (Phi) is 19.3.